The molecular weight excluding hydrogens is 248 g/mol. The number of fused-ring (bicyclic) bond motifs is 1. The van der Waals surface area contributed by atoms with Crippen LogP contribution in [0, 0.1) is 0 Å². The van der Waals surface area contributed by atoms with Gasteiger partial charge in [0.15, 0.2) is 5.96 Å². The maximum Gasteiger partial charge on any atom is 0.191 e. The van der Waals surface area contributed by atoms with Crippen molar-refractivity contribution in [2.45, 2.75) is 32.9 Å². The third-order valence-corrected chi connectivity index (χ3v) is 2.88. The summed E-state index contributed by atoms with van der Waals surface area (Å²) < 4.78 is 0. The Bertz CT molecular complexity index is 606. The average Bonchev–Trinajstić information content (AvgIpc) is 2.42. The maximum atomic E-state index is 4.46. The van der Waals surface area contributed by atoms with Gasteiger partial charge in [-0.3, -0.25) is 9.98 Å². The molecule has 0 unspecified atom stereocenters. The van der Waals surface area contributed by atoms with E-state index in [1.165, 1.54) is 5.56 Å². The van der Waals surface area contributed by atoms with Gasteiger partial charge in [-0.25, -0.2) is 0 Å². The van der Waals surface area contributed by atoms with Crippen molar-refractivity contribution in [3.63, 3.8) is 0 Å². The minimum absolute atomic E-state index is 0.0150. The van der Waals surface area contributed by atoms with Gasteiger partial charge >= 0.3 is 0 Å². The molecule has 2 aromatic rings. The monoisotopic (exact) mass is 270 g/mol. The quantitative estimate of drug-likeness (QED) is 0.651. The molecule has 1 aromatic carbocycles. The first kappa shape index (κ1) is 14.3. The van der Waals surface area contributed by atoms with Crippen molar-refractivity contribution < 1.29 is 0 Å². The summed E-state index contributed by atoms with van der Waals surface area (Å²) in [5, 5.41) is 7.83. The second-order valence-electron chi connectivity index (χ2n) is 5.79. The smallest absolute Gasteiger partial charge is 0.191 e. The van der Waals surface area contributed by atoms with Gasteiger partial charge in [0.25, 0.3) is 0 Å². The van der Waals surface area contributed by atoms with Gasteiger partial charge in [0, 0.05) is 30.7 Å². The molecule has 20 heavy (non-hydrogen) atoms. The molecule has 0 spiro atoms. The van der Waals surface area contributed by atoms with Crippen LogP contribution in [0.25, 0.3) is 10.9 Å². The Morgan fingerprint density at radius 1 is 1.20 bits per heavy atom. The van der Waals surface area contributed by atoms with E-state index >= 15 is 0 Å². The highest BCUT2D eigenvalue weighted by molar-refractivity contribution is 5.83. The van der Waals surface area contributed by atoms with E-state index in [2.05, 4.69) is 65.6 Å². The molecule has 0 bridgehead atoms. The number of hydrogen-bond donors (Lipinski definition) is 2. The number of guanidine groups is 1. The van der Waals surface area contributed by atoms with E-state index in [0.29, 0.717) is 6.54 Å². The van der Waals surface area contributed by atoms with Gasteiger partial charge in [-0.15, -0.1) is 0 Å². The maximum absolute atomic E-state index is 4.46. The van der Waals surface area contributed by atoms with E-state index in [1.807, 2.05) is 12.3 Å². The first-order chi connectivity index (χ1) is 9.49. The molecule has 0 saturated heterocycles. The molecule has 4 nitrogen and oxygen atoms in total. The predicted molar refractivity (Wildman–Crippen MR) is 84.8 cm³/mol. The van der Waals surface area contributed by atoms with Crippen LogP contribution in [0.1, 0.15) is 26.3 Å². The van der Waals surface area contributed by atoms with Gasteiger partial charge in [0.2, 0.25) is 0 Å². The summed E-state index contributed by atoms with van der Waals surface area (Å²) in [4.78, 5) is 8.70. The number of benzene rings is 1. The third-order valence-electron chi connectivity index (χ3n) is 2.88. The van der Waals surface area contributed by atoms with E-state index in [9.17, 15) is 0 Å². The Morgan fingerprint density at radius 3 is 2.65 bits per heavy atom. The van der Waals surface area contributed by atoms with Crippen LogP contribution < -0.4 is 10.6 Å². The van der Waals surface area contributed by atoms with Crippen molar-refractivity contribution in [2.75, 3.05) is 7.05 Å². The standard InChI is InChI=1S/C16H22N4/c1-16(2,3)20-15(17-4)19-11-13-8-5-7-12-9-6-10-18-14(12)13/h5-10H,11H2,1-4H3,(H2,17,19,20). The fourth-order valence-electron chi connectivity index (χ4n) is 2.02. The van der Waals surface area contributed by atoms with Crippen LogP contribution in [0.15, 0.2) is 41.5 Å². The predicted octanol–water partition coefficient (Wildman–Crippen LogP) is 2.70. The van der Waals surface area contributed by atoms with Crippen molar-refractivity contribution in [1.29, 1.82) is 0 Å². The first-order valence-electron chi connectivity index (χ1n) is 6.81. The lowest BCUT2D eigenvalue weighted by Gasteiger charge is -2.23. The summed E-state index contributed by atoms with van der Waals surface area (Å²) >= 11 is 0. The summed E-state index contributed by atoms with van der Waals surface area (Å²) in [6.45, 7) is 7.03. The number of para-hydroxylation sites is 1. The number of pyridine rings is 1. The zero-order valence-electron chi connectivity index (χ0n) is 12.6. The number of aromatic nitrogens is 1. The summed E-state index contributed by atoms with van der Waals surface area (Å²) in [5.74, 6) is 0.797. The molecule has 1 aromatic heterocycles. The van der Waals surface area contributed by atoms with Crippen LogP contribution in [0.4, 0.5) is 0 Å². The molecule has 0 aliphatic carbocycles. The van der Waals surface area contributed by atoms with E-state index < -0.39 is 0 Å². The van der Waals surface area contributed by atoms with Crippen LogP contribution in [0.2, 0.25) is 0 Å². The second kappa shape index (κ2) is 5.90. The van der Waals surface area contributed by atoms with E-state index in [4.69, 9.17) is 0 Å². The van der Waals surface area contributed by atoms with Crippen molar-refractivity contribution in [3.05, 3.63) is 42.1 Å². The Hall–Kier alpha value is -2.10. The summed E-state index contributed by atoms with van der Waals surface area (Å²) in [6.07, 6.45) is 1.83. The van der Waals surface area contributed by atoms with E-state index in [1.54, 1.807) is 7.05 Å². The molecule has 0 fully saturated rings. The van der Waals surface area contributed by atoms with Gasteiger partial charge in [0.1, 0.15) is 0 Å². The van der Waals surface area contributed by atoms with Crippen molar-refractivity contribution >= 4 is 16.9 Å². The van der Waals surface area contributed by atoms with Gasteiger partial charge in [-0.2, -0.15) is 0 Å². The highest BCUT2D eigenvalue weighted by Gasteiger charge is 2.11. The van der Waals surface area contributed by atoms with Crippen LogP contribution in [0.3, 0.4) is 0 Å². The van der Waals surface area contributed by atoms with Crippen LogP contribution in [0.5, 0.6) is 0 Å². The van der Waals surface area contributed by atoms with Crippen LogP contribution in [-0.2, 0) is 6.54 Å². The Kier molecular flexibility index (Phi) is 4.23. The molecule has 0 saturated carbocycles. The molecule has 4 heteroatoms. The highest BCUT2D eigenvalue weighted by atomic mass is 15.2. The average molecular weight is 270 g/mol. The number of rotatable bonds is 2. The lowest BCUT2D eigenvalue weighted by Crippen LogP contribution is -2.47. The highest BCUT2D eigenvalue weighted by Crippen LogP contribution is 2.15. The lowest BCUT2D eigenvalue weighted by atomic mass is 10.1. The SMILES string of the molecule is CN=C(NCc1cccc2cccnc12)NC(C)(C)C. The normalized spacial score (nSPS) is 12.5. The molecule has 1 heterocycles. The Morgan fingerprint density at radius 2 is 1.95 bits per heavy atom. The molecule has 0 aliphatic heterocycles. The summed E-state index contributed by atoms with van der Waals surface area (Å²) in [7, 11) is 1.78. The summed E-state index contributed by atoms with van der Waals surface area (Å²) in [5.41, 5.74) is 2.19. The number of aliphatic imine (C=N–C) groups is 1. The van der Waals surface area contributed by atoms with Crippen molar-refractivity contribution in [2.24, 2.45) is 4.99 Å². The van der Waals surface area contributed by atoms with Gasteiger partial charge < -0.3 is 10.6 Å². The summed E-state index contributed by atoms with van der Waals surface area (Å²) in [6, 6.07) is 10.3. The molecular formula is C16H22N4. The molecule has 0 aliphatic rings. The number of nitrogens with one attached hydrogen (secondary N) is 2. The topological polar surface area (TPSA) is 49.3 Å². The van der Waals surface area contributed by atoms with Crippen molar-refractivity contribution in [3.8, 4) is 0 Å². The van der Waals surface area contributed by atoms with Crippen LogP contribution in [-0.4, -0.2) is 23.5 Å². The first-order valence-corrected chi connectivity index (χ1v) is 6.81. The Balaban J connectivity index is 2.13. The largest absolute Gasteiger partial charge is 0.352 e. The van der Waals surface area contributed by atoms with Crippen molar-refractivity contribution in [1.82, 2.24) is 15.6 Å². The minimum Gasteiger partial charge on any atom is -0.352 e. The molecule has 0 amide bonds. The molecule has 2 rings (SSSR count). The molecule has 106 valence electrons. The zero-order chi connectivity index (χ0) is 14.6. The minimum atomic E-state index is -0.0150. The van der Waals surface area contributed by atoms with Crippen LogP contribution >= 0.6 is 0 Å². The Labute approximate surface area is 120 Å². The molecule has 2 N–H and O–H groups in total. The zero-order valence-corrected chi connectivity index (χ0v) is 12.6. The second-order valence-corrected chi connectivity index (χ2v) is 5.79. The van der Waals surface area contributed by atoms with Gasteiger partial charge in [-0.1, -0.05) is 24.3 Å². The molecule has 0 atom stereocenters. The lowest BCUT2D eigenvalue weighted by molar-refractivity contribution is 0.501. The third kappa shape index (κ3) is 3.70. The number of nitrogens with zero attached hydrogens (tertiary/aromatic N) is 2. The molecule has 0 radical (unpaired) electrons. The fourth-order valence-corrected chi connectivity index (χ4v) is 2.02. The van der Waals surface area contributed by atoms with E-state index in [-0.39, 0.29) is 5.54 Å². The van der Waals surface area contributed by atoms with Gasteiger partial charge in [0.05, 0.1) is 5.52 Å². The number of hydrogen-bond acceptors (Lipinski definition) is 2. The fraction of sp³-hybridized carbons (Fsp3) is 0.375. The van der Waals surface area contributed by atoms with Gasteiger partial charge in [-0.05, 0) is 32.4 Å². The van der Waals surface area contributed by atoms with E-state index in [0.717, 1.165) is 16.9 Å².